The second-order valence-electron chi connectivity index (χ2n) is 6.16. The van der Waals surface area contributed by atoms with Gasteiger partial charge >= 0.3 is 0 Å². The summed E-state index contributed by atoms with van der Waals surface area (Å²) in [4.78, 5) is 14.1. The summed E-state index contributed by atoms with van der Waals surface area (Å²) in [5, 5.41) is 3.00. The largest absolute Gasteiger partial charge is 0.494 e. The predicted molar refractivity (Wildman–Crippen MR) is 96.9 cm³/mol. The maximum absolute atomic E-state index is 13.7. The predicted octanol–water partition coefficient (Wildman–Crippen LogP) is 3.53. The number of benzene rings is 2. The first-order chi connectivity index (χ1) is 12.0. The molecule has 1 unspecified atom stereocenters. The van der Waals surface area contributed by atoms with E-state index in [9.17, 15) is 9.18 Å². The molecule has 2 aromatic rings. The fourth-order valence-electron chi connectivity index (χ4n) is 2.63. The zero-order valence-corrected chi connectivity index (χ0v) is 15.0. The van der Waals surface area contributed by atoms with Crippen LogP contribution < -0.4 is 10.1 Å². The van der Waals surface area contributed by atoms with E-state index in [1.807, 2.05) is 55.3 Å². The van der Waals surface area contributed by atoms with Gasteiger partial charge in [-0.2, -0.15) is 0 Å². The first-order valence-corrected chi connectivity index (χ1v) is 8.35. The molecule has 0 aliphatic heterocycles. The van der Waals surface area contributed by atoms with Crippen LogP contribution in [0.2, 0.25) is 0 Å². The molecule has 0 fully saturated rings. The van der Waals surface area contributed by atoms with Gasteiger partial charge in [-0.15, -0.1) is 0 Å². The van der Waals surface area contributed by atoms with Gasteiger partial charge in [0.25, 0.3) is 0 Å². The number of ether oxygens (including phenoxy) is 1. The molecule has 4 nitrogen and oxygen atoms in total. The average Bonchev–Trinajstić information content (AvgIpc) is 2.61. The summed E-state index contributed by atoms with van der Waals surface area (Å²) in [6.45, 7) is 3.14. The molecule has 0 aromatic heterocycles. The molecule has 0 radical (unpaired) electrons. The fourth-order valence-corrected chi connectivity index (χ4v) is 2.63. The van der Waals surface area contributed by atoms with Crippen LogP contribution in [0.3, 0.4) is 0 Å². The lowest BCUT2D eigenvalue weighted by atomic mass is 10.1. The Hall–Kier alpha value is -2.40. The van der Waals surface area contributed by atoms with Crippen molar-refractivity contribution < 1.29 is 13.9 Å². The highest BCUT2D eigenvalue weighted by Crippen LogP contribution is 2.18. The molecule has 5 heteroatoms. The minimum atomic E-state index is -0.372. The molecule has 134 valence electrons. The molecular formula is C20H25FN2O2. The zero-order chi connectivity index (χ0) is 18.2. The molecule has 25 heavy (non-hydrogen) atoms. The lowest BCUT2D eigenvalue weighted by Gasteiger charge is -2.18. The third-order valence-electron chi connectivity index (χ3n) is 4.07. The van der Waals surface area contributed by atoms with Gasteiger partial charge in [0, 0.05) is 19.5 Å². The second-order valence-corrected chi connectivity index (χ2v) is 6.16. The number of nitrogens with zero attached hydrogens (tertiary/aromatic N) is 1. The summed E-state index contributed by atoms with van der Waals surface area (Å²) in [7, 11) is 3.36. The van der Waals surface area contributed by atoms with Crippen molar-refractivity contribution in [3.05, 3.63) is 65.5 Å². The van der Waals surface area contributed by atoms with Gasteiger partial charge in [0.15, 0.2) is 11.6 Å². The maximum Gasteiger partial charge on any atom is 0.221 e. The highest BCUT2D eigenvalue weighted by molar-refractivity contribution is 5.76. The third-order valence-corrected chi connectivity index (χ3v) is 4.07. The van der Waals surface area contributed by atoms with Crippen molar-refractivity contribution in [3.8, 4) is 5.75 Å². The molecule has 0 aliphatic carbocycles. The van der Waals surface area contributed by atoms with Crippen molar-refractivity contribution in [2.24, 2.45) is 0 Å². The van der Waals surface area contributed by atoms with Crippen LogP contribution in [0, 0.1) is 5.82 Å². The van der Waals surface area contributed by atoms with Crippen molar-refractivity contribution in [2.45, 2.75) is 25.9 Å². The molecule has 0 saturated heterocycles. The number of carbonyl (C=O) groups excluding carboxylic acids is 1. The van der Waals surface area contributed by atoms with Crippen LogP contribution in [-0.4, -0.2) is 31.5 Å². The van der Waals surface area contributed by atoms with Crippen LogP contribution in [-0.2, 0) is 11.3 Å². The molecule has 1 amide bonds. The van der Waals surface area contributed by atoms with E-state index in [0.717, 1.165) is 11.1 Å². The number of hydrogen-bond donors (Lipinski definition) is 1. The Kier molecular flexibility index (Phi) is 6.95. The van der Waals surface area contributed by atoms with Crippen molar-refractivity contribution in [3.63, 3.8) is 0 Å². The van der Waals surface area contributed by atoms with E-state index >= 15 is 0 Å². The Labute approximate surface area is 148 Å². The number of methoxy groups -OCH3 is 1. The van der Waals surface area contributed by atoms with Crippen molar-refractivity contribution in [1.29, 1.82) is 0 Å². The smallest absolute Gasteiger partial charge is 0.221 e. The van der Waals surface area contributed by atoms with Gasteiger partial charge in [0.2, 0.25) is 5.91 Å². The van der Waals surface area contributed by atoms with E-state index in [1.54, 1.807) is 6.07 Å². The molecule has 0 bridgehead atoms. The number of hydrogen-bond acceptors (Lipinski definition) is 3. The van der Waals surface area contributed by atoms with Crippen LogP contribution in [0.4, 0.5) is 4.39 Å². The SMILES string of the molecule is COc1ccc(CN(C)CCC(=O)NC(C)c2ccccc2)cc1F. The molecule has 0 spiro atoms. The lowest BCUT2D eigenvalue weighted by molar-refractivity contribution is -0.122. The number of amides is 1. The van der Waals surface area contributed by atoms with E-state index in [4.69, 9.17) is 4.74 Å². The van der Waals surface area contributed by atoms with Gasteiger partial charge in [0.1, 0.15) is 0 Å². The molecular weight excluding hydrogens is 319 g/mol. The number of rotatable bonds is 8. The Morgan fingerprint density at radius 3 is 2.60 bits per heavy atom. The topological polar surface area (TPSA) is 41.6 Å². The average molecular weight is 344 g/mol. The first-order valence-electron chi connectivity index (χ1n) is 8.35. The maximum atomic E-state index is 13.7. The molecule has 1 atom stereocenters. The van der Waals surface area contributed by atoms with Crippen LogP contribution in [0.15, 0.2) is 48.5 Å². The summed E-state index contributed by atoms with van der Waals surface area (Å²) in [5.74, 6) is -0.132. The second kappa shape index (κ2) is 9.18. The van der Waals surface area contributed by atoms with E-state index < -0.39 is 0 Å². The highest BCUT2D eigenvalue weighted by atomic mass is 19.1. The number of nitrogens with one attached hydrogen (secondary N) is 1. The van der Waals surface area contributed by atoms with Crippen LogP contribution in [0.5, 0.6) is 5.75 Å². The summed E-state index contributed by atoms with van der Waals surface area (Å²) in [5.41, 5.74) is 1.93. The van der Waals surface area contributed by atoms with Crippen molar-refractivity contribution >= 4 is 5.91 Å². The normalized spacial score (nSPS) is 12.0. The summed E-state index contributed by atoms with van der Waals surface area (Å²) in [6, 6.07) is 14.8. The van der Waals surface area contributed by atoms with Gasteiger partial charge in [-0.25, -0.2) is 4.39 Å². The van der Waals surface area contributed by atoms with Crippen molar-refractivity contribution in [1.82, 2.24) is 10.2 Å². The van der Waals surface area contributed by atoms with Gasteiger partial charge < -0.3 is 15.0 Å². The molecule has 2 rings (SSSR count). The lowest BCUT2D eigenvalue weighted by Crippen LogP contribution is -2.30. The van der Waals surface area contributed by atoms with Gasteiger partial charge in [-0.05, 0) is 37.2 Å². The van der Waals surface area contributed by atoms with E-state index in [0.29, 0.717) is 19.5 Å². The van der Waals surface area contributed by atoms with E-state index in [1.165, 1.54) is 13.2 Å². The van der Waals surface area contributed by atoms with Gasteiger partial charge in [-0.3, -0.25) is 4.79 Å². The number of carbonyl (C=O) groups is 1. The molecule has 0 saturated carbocycles. The number of halogens is 1. The van der Waals surface area contributed by atoms with E-state index in [-0.39, 0.29) is 23.5 Å². The minimum Gasteiger partial charge on any atom is -0.494 e. The Balaban J connectivity index is 1.78. The molecule has 2 aromatic carbocycles. The first kappa shape index (κ1) is 18.9. The Morgan fingerprint density at radius 2 is 1.96 bits per heavy atom. The Bertz CT molecular complexity index is 691. The molecule has 0 heterocycles. The van der Waals surface area contributed by atoms with Crippen LogP contribution >= 0.6 is 0 Å². The zero-order valence-electron chi connectivity index (χ0n) is 15.0. The van der Waals surface area contributed by atoms with E-state index in [2.05, 4.69) is 5.32 Å². The van der Waals surface area contributed by atoms with Crippen LogP contribution in [0.1, 0.15) is 30.5 Å². The van der Waals surface area contributed by atoms with Gasteiger partial charge in [0.05, 0.1) is 13.2 Å². The quantitative estimate of drug-likeness (QED) is 0.796. The fraction of sp³-hybridized carbons (Fsp3) is 0.350. The minimum absolute atomic E-state index is 0.00381. The van der Waals surface area contributed by atoms with Crippen molar-refractivity contribution in [2.75, 3.05) is 20.7 Å². The third kappa shape index (κ3) is 5.87. The monoisotopic (exact) mass is 344 g/mol. The summed E-state index contributed by atoms with van der Waals surface area (Å²) >= 11 is 0. The molecule has 0 aliphatic rings. The standard InChI is InChI=1S/C20H25FN2O2/c1-15(17-7-5-4-6-8-17)22-20(24)11-12-23(2)14-16-9-10-19(25-3)18(21)13-16/h4-10,13,15H,11-12,14H2,1-3H3,(H,22,24). The Morgan fingerprint density at radius 1 is 1.24 bits per heavy atom. The molecule has 1 N–H and O–H groups in total. The summed E-state index contributed by atoms with van der Waals surface area (Å²) in [6.07, 6.45) is 0.395. The van der Waals surface area contributed by atoms with Crippen LogP contribution in [0.25, 0.3) is 0 Å². The highest BCUT2D eigenvalue weighted by Gasteiger charge is 2.11. The van der Waals surface area contributed by atoms with Gasteiger partial charge in [-0.1, -0.05) is 36.4 Å². The summed E-state index contributed by atoms with van der Waals surface area (Å²) < 4.78 is 18.6.